The number of amides is 1. The molecule has 0 aliphatic heterocycles. The fourth-order valence-electron chi connectivity index (χ4n) is 3.07. The van der Waals surface area contributed by atoms with Gasteiger partial charge >= 0.3 is 0 Å². The van der Waals surface area contributed by atoms with E-state index < -0.39 is 0 Å². The zero-order chi connectivity index (χ0) is 21.3. The van der Waals surface area contributed by atoms with Gasteiger partial charge in [-0.3, -0.25) is 10.1 Å². The molecule has 8 heteroatoms. The van der Waals surface area contributed by atoms with Crippen molar-refractivity contribution >= 4 is 32.6 Å². The third-order valence-corrected chi connectivity index (χ3v) is 5.76. The van der Waals surface area contributed by atoms with E-state index in [1.165, 1.54) is 11.3 Å². The third kappa shape index (κ3) is 3.99. The van der Waals surface area contributed by atoms with Crippen molar-refractivity contribution in [3.8, 4) is 11.5 Å². The monoisotopic (exact) mass is 423 g/mol. The number of methoxy groups -OCH3 is 1. The lowest BCUT2D eigenvalue weighted by atomic mass is 10.1. The predicted octanol–water partition coefficient (Wildman–Crippen LogP) is 5.05. The molecule has 0 saturated heterocycles. The molecule has 2 aromatic carbocycles. The Labute approximate surface area is 177 Å². The van der Waals surface area contributed by atoms with E-state index in [0.717, 1.165) is 38.5 Å². The van der Waals surface area contributed by atoms with Gasteiger partial charge in [-0.05, 0) is 56.7 Å². The summed E-state index contributed by atoms with van der Waals surface area (Å²) >= 11 is 1.42. The summed E-state index contributed by atoms with van der Waals surface area (Å²) < 4.78 is 17.3. The quantitative estimate of drug-likeness (QED) is 0.467. The van der Waals surface area contributed by atoms with E-state index in [4.69, 9.17) is 14.0 Å². The van der Waals surface area contributed by atoms with Crippen LogP contribution in [0.5, 0.6) is 11.5 Å². The summed E-state index contributed by atoms with van der Waals surface area (Å²) in [6, 6.07) is 11.0. The molecule has 154 valence electrons. The topological polar surface area (TPSA) is 86.5 Å². The molecule has 0 aliphatic carbocycles. The molecule has 0 fully saturated rings. The third-order valence-electron chi connectivity index (χ3n) is 4.81. The molecule has 1 N–H and O–H groups in total. The maximum atomic E-state index is 12.7. The second kappa shape index (κ2) is 8.16. The minimum Gasteiger partial charge on any atom is -0.497 e. The molecule has 0 radical (unpaired) electrons. The number of aryl methyl sites for hydroxylation is 3. The minimum atomic E-state index is -0.221. The van der Waals surface area contributed by atoms with E-state index in [-0.39, 0.29) is 5.91 Å². The Hall–Kier alpha value is -3.39. The second-order valence-electron chi connectivity index (χ2n) is 6.88. The van der Waals surface area contributed by atoms with Crippen molar-refractivity contribution in [1.29, 1.82) is 0 Å². The lowest BCUT2D eigenvalue weighted by molar-refractivity contribution is 0.102. The summed E-state index contributed by atoms with van der Waals surface area (Å²) in [4.78, 5) is 17.1. The van der Waals surface area contributed by atoms with Crippen LogP contribution in [-0.2, 0) is 6.61 Å². The van der Waals surface area contributed by atoms with Crippen molar-refractivity contribution < 1.29 is 18.8 Å². The lowest BCUT2D eigenvalue weighted by Gasteiger charge is -2.10. The van der Waals surface area contributed by atoms with Crippen LogP contribution in [0.15, 0.2) is 40.9 Å². The zero-order valence-electron chi connectivity index (χ0n) is 17.1. The molecule has 0 bridgehead atoms. The van der Waals surface area contributed by atoms with Crippen LogP contribution in [0.3, 0.4) is 0 Å². The summed E-state index contributed by atoms with van der Waals surface area (Å²) in [5.74, 6) is 1.96. The van der Waals surface area contributed by atoms with Crippen molar-refractivity contribution in [3.05, 3.63) is 64.5 Å². The number of ether oxygens (including phenoxy) is 2. The molecule has 30 heavy (non-hydrogen) atoms. The number of hydrogen-bond acceptors (Lipinski definition) is 7. The number of benzene rings is 2. The Balaban J connectivity index is 1.46. The predicted molar refractivity (Wildman–Crippen MR) is 116 cm³/mol. The van der Waals surface area contributed by atoms with Gasteiger partial charge in [0.15, 0.2) is 5.13 Å². The zero-order valence-corrected chi connectivity index (χ0v) is 17.9. The van der Waals surface area contributed by atoms with E-state index in [1.54, 1.807) is 25.3 Å². The average Bonchev–Trinajstić information content (AvgIpc) is 3.28. The van der Waals surface area contributed by atoms with E-state index in [1.807, 2.05) is 39.0 Å². The van der Waals surface area contributed by atoms with Crippen molar-refractivity contribution in [2.24, 2.45) is 0 Å². The molecule has 2 heterocycles. The number of carbonyl (C=O) groups is 1. The molecule has 1 amide bonds. The molecule has 0 atom stereocenters. The maximum Gasteiger partial charge on any atom is 0.257 e. The first-order valence-corrected chi connectivity index (χ1v) is 10.2. The van der Waals surface area contributed by atoms with Crippen molar-refractivity contribution in [2.45, 2.75) is 27.4 Å². The van der Waals surface area contributed by atoms with Crippen molar-refractivity contribution in [1.82, 2.24) is 10.1 Å². The largest absolute Gasteiger partial charge is 0.497 e. The second-order valence-corrected chi connectivity index (χ2v) is 7.91. The standard InChI is InChI=1S/C22H21N3O4S/c1-12-9-15(5-7-19(12)28-11-17-13(2)25-29-14(17)3)21(26)24-22-23-18-10-16(27-4)6-8-20(18)30-22/h5-10H,11H2,1-4H3,(H,23,24,26). The number of nitrogens with zero attached hydrogens (tertiary/aromatic N) is 2. The number of anilines is 1. The molecular formula is C22H21N3O4S. The Bertz CT molecular complexity index is 1210. The van der Waals surface area contributed by atoms with Gasteiger partial charge in [-0.1, -0.05) is 16.5 Å². The first-order valence-electron chi connectivity index (χ1n) is 9.35. The van der Waals surface area contributed by atoms with Gasteiger partial charge in [0.05, 0.1) is 28.6 Å². The molecular weight excluding hydrogens is 402 g/mol. The van der Waals surface area contributed by atoms with Gasteiger partial charge in [0.25, 0.3) is 5.91 Å². The van der Waals surface area contributed by atoms with Crippen molar-refractivity contribution in [3.63, 3.8) is 0 Å². The number of thiazole rings is 1. The molecule has 0 unspecified atom stereocenters. The molecule has 0 aliphatic rings. The first-order chi connectivity index (χ1) is 14.4. The summed E-state index contributed by atoms with van der Waals surface area (Å²) in [6.07, 6.45) is 0. The molecule has 0 saturated carbocycles. The van der Waals surface area contributed by atoms with Crippen molar-refractivity contribution in [2.75, 3.05) is 12.4 Å². The highest BCUT2D eigenvalue weighted by molar-refractivity contribution is 7.22. The molecule has 4 aromatic rings. The number of nitrogens with one attached hydrogen (secondary N) is 1. The summed E-state index contributed by atoms with van der Waals surface area (Å²) in [5.41, 5.74) is 3.93. The van der Waals surface area contributed by atoms with Crippen LogP contribution >= 0.6 is 11.3 Å². The lowest BCUT2D eigenvalue weighted by Crippen LogP contribution is -2.12. The molecule has 4 rings (SSSR count). The van der Waals surface area contributed by atoms with Gasteiger partial charge in [-0.25, -0.2) is 4.98 Å². The first kappa shape index (κ1) is 19.9. The van der Waals surface area contributed by atoms with E-state index in [0.29, 0.717) is 23.1 Å². The van der Waals surface area contributed by atoms with Crippen LogP contribution in [0.1, 0.15) is 32.9 Å². The highest BCUT2D eigenvalue weighted by Crippen LogP contribution is 2.29. The Morgan fingerprint density at radius 2 is 2.00 bits per heavy atom. The van der Waals surface area contributed by atoms with Gasteiger partial charge < -0.3 is 14.0 Å². The highest BCUT2D eigenvalue weighted by Gasteiger charge is 2.14. The van der Waals surface area contributed by atoms with Crippen LogP contribution < -0.4 is 14.8 Å². The number of hydrogen-bond donors (Lipinski definition) is 1. The Kier molecular flexibility index (Phi) is 5.41. The molecule has 7 nitrogen and oxygen atoms in total. The number of rotatable bonds is 6. The minimum absolute atomic E-state index is 0.221. The SMILES string of the molecule is COc1ccc2sc(NC(=O)c3ccc(OCc4c(C)noc4C)c(C)c3)nc2c1. The van der Waals surface area contributed by atoms with Gasteiger partial charge in [0.2, 0.25) is 0 Å². The van der Waals surface area contributed by atoms with E-state index in [2.05, 4.69) is 15.5 Å². The number of carbonyl (C=O) groups excluding carboxylic acids is 1. The van der Waals surface area contributed by atoms with E-state index >= 15 is 0 Å². The van der Waals surface area contributed by atoms with Gasteiger partial charge in [0, 0.05) is 11.6 Å². The van der Waals surface area contributed by atoms with Crippen LogP contribution in [0.25, 0.3) is 10.2 Å². The van der Waals surface area contributed by atoms with Gasteiger partial charge in [0.1, 0.15) is 23.9 Å². The van der Waals surface area contributed by atoms with Crippen LogP contribution in [-0.4, -0.2) is 23.2 Å². The van der Waals surface area contributed by atoms with Crippen LogP contribution in [0, 0.1) is 20.8 Å². The normalized spacial score (nSPS) is 10.9. The molecule has 2 aromatic heterocycles. The Morgan fingerprint density at radius 3 is 2.70 bits per heavy atom. The van der Waals surface area contributed by atoms with Gasteiger partial charge in [-0.15, -0.1) is 0 Å². The summed E-state index contributed by atoms with van der Waals surface area (Å²) in [6.45, 7) is 6.01. The fraction of sp³-hybridized carbons (Fsp3) is 0.227. The number of fused-ring (bicyclic) bond motifs is 1. The fourth-order valence-corrected chi connectivity index (χ4v) is 3.91. The molecule has 0 spiro atoms. The summed E-state index contributed by atoms with van der Waals surface area (Å²) in [7, 11) is 1.61. The maximum absolute atomic E-state index is 12.7. The van der Waals surface area contributed by atoms with Crippen LogP contribution in [0.2, 0.25) is 0 Å². The number of aromatic nitrogens is 2. The van der Waals surface area contributed by atoms with Crippen LogP contribution in [0.4, 0.5) is 5.13 Å². The van der Waals surface area contributed by atoms with Gasteiger partial charge in [-0.2, -0.15) is 0 Å². The Morgan fingerprint density at radius 1 is 1.17 bits per heavy atom. The smallest absolute Gasteiger partial charge is 0.257 e. The average molecular weight is 423 g/mol. The summed E-state index contributed by atoms with van der Waals surface area (Å²) in [5, 5.41) is 7.34. The highest BCUT2D eigenvalue weighted by atomic mass is 32.1. The van der Waals surface area contributed by atoms with E-state index in [9.17, 15) is 4.79 Å².